The highest BCUT2D eigenvalue weighted by molar-refractivity contribution is 6.76. The molecular formula is C24H31N5O3Si. The van der Waals surface area contributed by atoms with Crippen molar-refractivity contribution < 1.29 is 14.2 Å². The van der Waals surface area contributed by atoms with Crippen molar-refractivity contribution in [1.29, 1.82) is 0 Å². The Morgan fingerprint density at radius 2 is 1.85 bits per heavy atom. The summed E-state index contributed by atoms with van der Waals surface area (Å²) in [5.74, 6) is -0.684. The molecule has 174 valence electrons. The van der Waals surface area contributed by atoms with Gasteiger partial charge in [-0.25, -0.2) is 4.98 Å². The summed E-state index contributed by atoms with van der Waals surface area (Å²) in [6.07, 6.45) is 3.50. The SMILES string of the molecule is Cc1c(-c2ccc(C3(C)OCCO3)cc2)n(COCC[Si](C)(C)C)c2ncc3nncn3c12. The van der Waals surface area contributed by atoms with Gasteiger partial charge < -0.3 is 14.2 Å². The van der Waals surface area contributed by atoms with E-state index < -0.39 is 13.9 Å². The van der Waals surface area contributed by atoms with Gasteiger partial charge in [-0.15, -0.1) is 10.2 Å². The van der Waals surface area contributed by atoms with Gasteiger partial charge in [0.05, 0.1) is 30.6 Å². The second-order valence-corrected chi connectivity index (χ2v) is 15.6. The van der Waals surface area contributed by atoms with Crippen LogP contribution < -0.4 is 0 Å². The Kier molecular flexibility index (Phi) is 5.60. The minimum Gasteiger partial charge on any atom is -0.361 e. The Hall–Kier alpha value is -2.59. The van der Waals surface area contributed by atoms with Crippen molar-refractivity contribution in [2.45, 2.75) is 52.1 Å². The Morgan fingerprint density at radius 1 is 1.12 bits per heavy atom. The van der Waals surface area contributed by atoms with E-state index in [1.54, 1.807) is 12.5 Å². The highest BCUT2D eigenvalue weighted by Crippen LogP contribution is 2.36. The number of aromatic nitrogens is 5. The smallest absolute Gasteiger partial charge is 0.192 e. The lowest BCUT2D eigenvalue weighted by Crippen LogP contribution is -2.22. The highest BCUT2D eigenvalue weighted by Gasteiger charge is 2.33. The average Bonchev–Trinajstić information content (AvgIpc) is 3.49. The summed E-state index contributed by atoms with van der Waals surface area (Å²) in [4.78, 5) is 4.74. The molecule has 1 aliphatic rings. The third-order valence-corrected chi connectivity index (χ3v) is 8.01. The van der Waals surface area contributed by atoms with Gasteiger partial charge in [-0.1, -0.05) is 43.9 Å². The van der Waals surface area contributed by atoms with Crippen LogP contribution in [-0.4, -0.2) is 52.0 Å². The summed E-state index contributed by atoms with van der Waals surface area (Å²) in [6.45, 7) is 13.6. The van der Waals surface area contributed by atoms with Crippen LogP contribution in [-0.2, 0) is 26.7 Å². The summed E-state index contributed by atoms with van der Waals surface area (Å²) >= 11 is 0. The van der Waals surface area contributed by atoms with Crippen LogP contribution in [0.15, 0.2) is 36.8 Å². The minimum atomic E-state index is -1.17. The molecule has 1 aliphatic heterocycles. The topological polar surface area (TPSA) is 75.7 Å². The van der Waals surface area contributed by atoms with Crippen molar-refractivity contribution in [3.8, 4) is 11.3 Å². The van der Waals surface area contributed by atoms with Crippen molar-refractivity contribution >= 4 is 24.9 Å². The average molecular weight is 466 g/mol. The lowest BCUT2D eigenvalue weighted by Gasteiger charge is -2.23. The third-order valence-electron chi connectivity index (χ3n) is 6.30. The van der Waals surface area contributed by atoms with Gasteiger partial charge in [-0.05, 0) is 25.5 Å². The summed E-state index contributed by atoms with van der Waals surface area (Å²) in [5.41, 5.74) is 6.88. The molecule has 4 aromatic rings. The zero-order chi connectivity index (χ0) is 23.2. The molecule has 1 fully saturated rings. The van der Waals surface area contributed by atoms with Crippen molar-refractivity contribution in [2.75, 3.05) is 19.8 Å². The zero-order valence-corrected chi connectivity index (χ0v) is 21.0. The maximum atomic E-state index is 6.17. The van der Waals surface area contributed by atoms with Gasteiger partial charge in [0, 0.05) is 25.8 Å². The molecule has 3 aromatic heterocycles. The molecule has 0 amide bonds. The molecule has 5 rings (SSSR count). The first-order valence-electron chi connectivity index (χ1n) is 11.4. The highest BCUT2D eigenvalue weighted by atomic mass is 28.3. The van der Waals surface area contributed by atoms with E-state index in [0.717, 1.165) is 51.8 Å². The molecule has 0 aliphatic carbocycles. The van der Waals surface area contributed by atoms with E-state index in [-0.39, 0.29) is 0 Å². The van der Waals surface area contributed by atoms with E-state index in [9.17, 15) is 0 Å². The molecule has 1 saturated heterocycles. The second-order valence-electron chi connectivity index (χ2n) is 9.96. The number of aryl methyl sites for hydroxylation is 1. The van der Waals surface area contributed by atoms with Crippen LogP contribution in [0.25, 0.3) is 28.1 Å². The van der Waals surface area contributed by atoms with Gasteiger partial charge in [-0.3, -0.25) is 8.97 Å². The molecule has 0 unspecified atom stereocenters. The van der Waals surface area contributed by atoms with Gasteiger partial charge in [0.1, 0.15) is 13.1 Å². The number of rotatable bonds is 7. The van der Waals surface area contributed by atoms with E-state index >= 15 is 0 Å². The van der Waals surface area contributed by atoms with E-state index in [1.165, 1.54) is 0 Å². The van der Waals surface area contributed by atoms with Crippen molar-refractivity contribution in [2.24, 2.45) is 0 Å². The number of ether oxygens (including phenoxy) is 3. The molecule has 8 nitrogen and oxygen atoms in total. The molecule has 1 aromatic carbocycles. The van der Waals surface area contributed by atoms with Crippen LogP contribution in [0.5, 0.6) is 0 Å². The molecule has 0 radical (unpaired) electrons. The van der Waals surface area contributed by atoms with Crippen molar-refractivity contribution in [3.05, 3.63) is 47.9 Å². The molecule has 4 heterocycles. The number of fused-ring (bicyclic) bond motifs is 3. The third kappa shape index (κ3) is 4.10. The van der Waals surface area contributed by atoms with Gasteiger partial charge >= 0.3 is 0 Å². The van der Waals surface area contributed by atoms with Gasteiger partial charge in [0.25, 0.3) is 0 Å². The largest absolute Gasteiger partial charge is 0.361 e. The molecular weight excluding hydrogens is 434 g/mol. The normalized spacial score (nSPS) is 16.3. The fourth-order valence-corrected chi connectivity index (χ4v) is 5.16. The Morgan fingerprint density at radius 3 is 2.55 bits per heavy atom. The lowest BCUT2D eigenvalue weighted by molar-refractivity contribution is -0.149. The minimum absolute atomic E-state index is 0.441. The quantitative estimate of drug-likeness (QED) is 0.294. The van der Waals surface area contributed by atoms with Crippen LogP contribution in [0.2, 0.25) is 25.7 Å². The fraction of sp³-hybridized carbons (Fsp3) is 0.458. The van der Waals surface area contributed by atoms with Gasteiger partial charge in [-0.2, -0.15) is 0 Å². The summed E-state index contributed by atoms with van der Waals surface area (Å²) in [6, 6.07) is 9.52. The number of benzene rings is 1. The molecule has 0 saturated carbocycles. The van der Waals surface area contributed by atoms with Gasteiger partial charge in [0.15, 0.2) is 17.1 Å². The summed E-state index contributed by atoms with van der Waals surface area (Å²) < 4.78 is 22.0. The molecule has 0 N–H and O–H groups in total. The monoisotopic (exact) mass is 465 g/mol. The van der Waals surface area contributed by atoms with Gasteiger partial charge in [0.2, 0.25) is 0 Å². The molecule has 0 atom stereocenters. The van der Waals surface area contributed by atoms with Crippen LogP contribution in [0, 0.1) is 6.92 Å². The Balaban J connectivity index is 1.57. The Bertz CT molecular complexity index is 1280. The second kappa shape index (κ2) is 8.32. The standard InChI is InChI=1S/C24H31N5O3Si/c1-17-21(18-6-8-19(9-7-18)24(2)31-10-11-32-24)29(16-30-12-13-33(3,4)5)23-22(17)28-15-26-27-20(28)14-25-23/h6-9,14-15H,10-13,16H2,1-5H3. The van der Waals surface area contributed by atoms with E-state index in [0.29, 0.717) is 19.9 Å². The predicted octanol–water partition coefficient (Wildman–Crippen LogP) is 4.59. The van der Waals surface area contributed by atoms with Crippen molar-refractivity contribution in [1.82, 2.24) is 24.1 Å². The van der Waals surface area contributed by atoms with Crippen LogP contribution >= 0.6 is 0 Å². The van der Waals surface area contributed by atoms with Crippen molar-refractivity contribution in [3.63, 3.8) is 0 Å². The number of hydrogen-bond donors (Lipinski definition) is 0. The zero-order valence-electron chi connectivity index (χ0n) is 20.0. The van der Waals surface area contributed by atoms with Crippen LogP contribution in [0.4, 0.5) is 0 Å². The number of hydrogen-bond acceptors (Lipinski definition) is 6. The summed E-state index contributed by atoms with van der Waals surface area (Å²) in [5, 5.41) is 8.25. The molecule has 9 heteroatoms. The number of nitrogens with zero attached hydrogens (tertiary/aromatic N) is 5. The first-order valence-corrected chi connectivity index (χ1v) is 15.1. The van der Waals surface area contributed by atoms with Crippen LogP contribution in [0.1, 0.15) is 18.1 Å². The van der Waals surface area contributed by atoms with E-state index in [2.05, 4.69) is 65.6 Å². The molecule has 0 bridgehead atoms. The molecule has 0 spiro atoms. The summed E-state index contributed by atoms with van der Waals surface area (Å²) in [7, 11) is -1.17. The molecule has 33 heavy (non-hydrogen) atoms. The van der Waals surface area contributed by atoms with E-state index in [4.69, 9.17) is 19.2 Å². The maximum Gasteiger partial charge on any atom is 0.192 e. The van der Waals surface area contributed by atoms with E-state index in [1.807, 2.05) is 11.3 Å². The predicted molar refractivity (Wildman–Crippen MR) is 130 cm³/mol. The van der Waals surface area contributed by atoms with Crippen LogP contribution in [0.3, 0.4) is 0 Å². The maximum absolute atomic E-state index is 6.17. The fourth-order valence-electron chi connectivity index (χ4n) is 4.40. The first kappa shape index (κ1) is 22.2. The Labute approximate surface area is 194 Å². The lowest BCUT2D eigenvalue weighted by atomic mass is 10.0. The first-order chi connectivity index (χ1) is 15.8.